The van der Waals surface area contributed by atoms with Gasteiger partial charge in [-0.05, 0) is 25.0 Å². The summed E-state index contributed by atoms with van der Waals surface area (Å²) < 4.78 is 0. The minimum absolute atomic E-state index is 0.00907. The zero-order valence-electron chi connectivity index (χ0n) is 9.26. The zero-order chi connectivity index (χ0) is 10.9. The van der Waals surface area contributed by atoms with E-state index in [2.05, 4.69) is 20.8 Å². The summed E-state index contributed by atoms with van der Waals surface area (Å²) in [5.74, 6) is 0.738. The second kappa shape index (κ2) is 9.17. The van der Waals surface area contributed by atoms with Crippen molar-refractivity contribution < 1.29 is 9.59 Å². The third kappa shape index (κ3) is 24.7. The number of allylic oxidation sites excluding steroid dienone is 2. The summed E-state index contributed by atoms with van der Waals surface area (Å²) in [4.78, 5) is 20.7. The maximum absolute atomic E-state index is 10.5. The summed E-state index contributed by atoms with van der Waals surface area (Å²) in [6.45, 7) is 9.67. The van der Waals surface area contributed by atoms with Crippen molar-refractivity contribution in [1.82, 2.24) is 0 Å². The maximum atomic E-state index is 10.5. The number of hydrogen-bond donors (Lipinski definition) is 0. The van der Waals surface area contributed by atoms with Gasteiger partial charge in [-0.15, -0.1) is 0 Å². The monoisotopic (exact) mass is 184 g/mol. The molecular formula is C11H20O2. The number of hydrogen-bond acceptors (Lipinski definition) is 2. The van der Waals surface area contributed by atoms with Crippen LogP contribution >= 0.6 is 0 Å². The quantitative estimate of drug-likeness (QED) is 0.632. The van der Waals surface area contributed by atoms with Crippen LogP contribution in [0.2, 0.25) is 0 Å². The topological polar surface area (TPSA) is 34.1 Å². The molecule has 0 amide bonds. The SMILES string of the molecule is CC(C)C.CCC(=O)/C=C\C(C)=O. The standard InChI is InChI=1S/C7H10O2.C4H10/c1-3-7(9)5-4-6(2)8;1-4(2)3/h4-5H,3H2,1-2H3;4H,1-3H3/b5-4-;. The second-order valence-corrected chi connectivity index (χ2v) is 3.50. The highest BCUT2D eigenvalue weighted by Gasteiger charge is 1.89. The van der Waals surface area contributed by atoms with Gasteiger partial charge in [-0.25, -0.2) is 0 Å². The van der Waals surface area contributed by atoms with Crippen molar-refractivity contribution in [3.8, 4) is 0 Å². The van der Waals surface area contributed by atoms with E-state index in [9.17, 15) is 9.59 Å². The first kappa shape index (κ1) is 14.6. The van der Waals surface area contributed by atoms with Crippen molar-refractivity contribution in [1.29, 1.82) is 0 Å². The smallest absolute Gasteiger partial charge is 0.155 e. The van der Waals surface area contributed by atoms with Crippen LogP contribution in [-0.4, -0.2) is 11.6 Å². The first-order valence-electron chi connectivity index (χ1n) is 4.61. The first-order chi connectivity index (χ1) is 5.90. The van der Waals surface area contributed by atoms with Crippen LogP contribution in [0, 0.1) is 5.92 Å². The Hall–Kier alpha value is -0.920. The largest absolute Gasteiger partial charge is 0.295 e. The lowest BCUT2D eigenvalue weighted by Crippen LogP contribution is -1.89. The molecule has 0 unspecified atom stereocenters. The average molecular weight is 184 g/mol. The Labute approximate surface area is 81.0 Å². The van der Waals surface area contributed by atoms with Gasteiger partial charge < -0.3 is 0 Å². The lowest BCUT2D eigenvalue weighted by molar-refractivity contribution is -0.115. The predicted molar refractivity (Wildman–Crippen MR) is 55.6 cm³/mol. The van der Waals surface area contributed by atoms with E-state index in [1.54, 1.807) is 6.92 Å². The van der Waals surface area contributed by atoms with Crippen molar-refractivity contribution in [3.05, 3.63) is 12.2 Å². The Balaban J connectivity index is 0. The van der Waals surface area contributed by atoms with Crippen LogP contribution in [0.5, 0.6) is 0 Å². The van der Waals surface area contributed by atoms with Gasteiger partial charge in [0, 0.05) is 6.42 Å². The molecule has 0 saturated heterocycles. The Kier molecular flexibility index (Phi) is 10.3. The van der Waals surface area contributed by atoms with Gasteiger partial charge in [0.15, 0.2) is 11.6 Å². The van der Waals surface area contributed by atoms with E-state index in [4.69, 9.17) is 0 Å². The lowest BCUT2D eigenvalue weighted by atomic mass is 10.2. The van der Waals surface area contributed by atoms with Gasteiger partial charge in [0.25, 0.3) is 0 Å². The number of rotatable bonds is 3. The molecule has 2 nitrogen and oxygen atoms in total. The van der Waals surface area contributed by atoms with Crippen molar-refractivity contribution >= 4 is 11.6 Å². The summed E-state index contributed by atoms with van der Waals surface area (Å²) >= 11 is 0. The molecule has 2 heteroatoms. The van der Waals surface area contributed by atoms with Crippen LogP contribution in [0.4, 0.5) is 0 Å². The fraction of sp³-hybridized carbons (Fsp3) is 0.636. The normalized spacial score (nSPS) is 9.69. The van der Waals surface area contributed by atoms with E-state index in [0.29, 0.717) is 6.42 Å². The van der Waals surface area contributed by atoms with Gasteiger partial charge in [0.1, 0.15) is 0 Å². The van der Waals surface area contributed by atoms with Crippen LogP contribution in [0.3, 0.4) is 0 Å². The predicted octanol–water partition coefficient (Wildman–Crippen LogP) is 2.77. The molecule has 0 heterocycles. The van der Waals surface area contributed by atoms with Crippen LogP contribution in [0.15, 0.2) is 12.2 Å². The highest BCUT2D eigenvalue weighted by atomic mass is 16.1. The highest BCUT2D eigenvalue weighted by molar-refractivity contribution is 5.97. The molecule has 0 aromatic rings. The van der Waals surface area contributed by atoms with E-state index in [0.717, 1.165) is 5.92 Å². The third-order valence-electron chi connectivity index (χ3n) is 0.852. The molecule has 0 rings (SSSR count). The molecule has 0 aromatic heterocycles. The minimum Gasteiger partial charge on any atom is -0.295 e. The third-order valence-corrected chi connectivity index (χ3v) is 0.852. The molecule has 13 heavy (non-hydrogen) atoms. The number of carbonyl (C=O) groups excluding carboxylic acids is 2. The average Bonchev–Trinajstić information content (AvgIpc) is 1.99. The summed E-state index contributed by atoms with van der Waals surface area (Å²) in [7, 11) is 0. The summed E-state index contributed by atoms with van der Waals surface area (Å²) in [6, 6.07) is 0. The molecule has 0 N–H and O–H groups in total. The van der Waals surface area contributed by atoms with Gasteiger partial charge in [0.2, 0.25) is 0 Å². The Morgan fingerprint density at radius 2 is 1.54 bits per heavy atom. The molecule has 0 atom stereocenters. The van der Waals surface area contributed by atoms with Crippen molar-refractivity contribution in [2.75, 3.05) is 0 Å². The fourth-order valence-corrected chi connectivity index (χ4v) is 0.328. The van der Waals surface area contributed by atoms with Crippen molar-refractivity contribution in [2.45, 2.75) is 41.0 Å². The van der Waals surface area contributed by atoms with Crippen LogP contribution in [0.25, 0.3) is 0 Å². The molecule has 76 valence electrons. The summed E-state index contributed by atoms with van der Waals surface area (Å²) in [5.41, 5.74) is 0. The van der Waals surface area contributed by atoms with Crippen LogP contribution < -0.4 is 0 Å². The molecule has 0 radical (unpaired) electrons. The molecule has 0 aliphatic carbocycles. The van der Waals surface area contributed by atoms with Gasteiger partial charge in [-0.2, -0.15) is 0 Å². The van der Waals surface area contributed by atoms with E-state index >= 15 is 0 Å². The molecule has 0 fully saturated rings. The summed E-state index contributed by atoms with van der Waals surface area (Å²) in [5, 5.41) is 0. The molecule has 0 spiro atoms. The van der Waals surface area contributed by atoms with E-state index in [-0.39, 0.29) is 11.6 Å². The van der Waals surface area contributed by atoms with E-state index < -0.39 is 0 Å². The van der Waals surface area contributed by atoms with Crippen LogP contribution in [-0.2, 0) is 9.59 Å². The molecule has 0 aliphatic heterocycles. The molecule has 0 aliphatic rings. The second-order valence-electron chi connectivity index (χ2n) is 3.50. The van der Waals surface area contributed by atoms with Gasteiger partial charge in [-0.3, -0.25) is 9.59 Å². The maximum Gasteiger partial charge on any atom is 0.155 e. The van der Waals surface area contributed by atoms with Gasteiger partial charge >= 0.3 is 0 Å². The van der Waals surface area contributed by atoms with E-state index in [1.165, 1.54) is 19.1 Å². The minimum atomic E-state index is -0.0863. The Morgan fingerprint density at radius 1 is 1.15 bits per heavy atom. The van der Waals surface area contributed by atoms with Gasteiger partial charge in [0.05, 0.1) is 0 Å². The molecule has 0 bridgehead atoms. The van der Waals surface area contributed by atoms with Gasteiger partial charge in [-0.1, -0.05) is 27.7 Å². The Morgan fingerprint density at radius 3 is 1.77 bits per heavy atom. The zero-order valence-corrected chi connectivity index (χ0v) is 9.26. The highest BCUT2D eigenvalue weighted by Crippen LogP contribution is 1.83. The van der Waals surface area contributed by atoms with Crippen molar-refractivity contribution in [3.63, 3.8) is 0 Å². The van der Waals surface area contributed by atoms with Crippen LogP contribution in [0.1, 0.15) is 41.0 Å². The molecular weight excluding hydrogens is 164 g/mol. The number of carbonyl (C=O) groups is 2. The molecule has 0 aromatic carbocycles. The lowest BCUT2D eigenvalue weighted by Gasteiger charge is -1.81. The molecule has 0 saturated carbocycles. The number of ketones is 2. The first-order valence-corrected chi connectivity index (χ1v) is 4.61. The van der Waals surface area contributed by atoms with E-state index in [1.807, 2.05) is 0 Å². The fourth-order valence-electron chi connectivity index (χ4n) is 0.328. The van der Waals surface area contributed by atoms with Crippen molar-refractivity contribution in [2.24, 2.45) is 5.92 Å². The Bertz CT molecular complexity index is 176. The summed E-state index contributed by atoms with van der Waals surface area (Å²) in [6.07, 6.45) is 3.05.